The highest BCUT2D eigenvalue weighted by molar-refractivity contribution is 5.00. The van der Waals surface area contributed by atoms with E-state index in [1.54, 1.807) is 13.8 Å². The van der Waals surface area contributed by atoms with Crippen molar-refractivity contribution in [2.45, 2.75) is 43.8 Å². The standard InChI is InChI=1S/C11H20O8/c1-5-17-9(2)18-7-8(19-9)16-6-10(12,14-3)11(7,13)15-4/h7-8,12-13H,5-6H2,1-4H3/t7-,8?,9?,10-,11-/m0/s1. The molecule has 0 aromatic heterocycles. The Morgan fingerprint density at radius 2 is 1.89 bits per heavy atom. The lowest BCUT2D eigenvalue weighted by Crippen LogP contribution is -2.71. The van der Waals surface area contributed by atoms with Crippen LogP contribution in [0.5, 0.6) is 0 Å². The summed E-state index contributed by atoms with van der Waals surface area (Å²) in [5.41, 5.74) is 0. The van der Waals surface area contributed by atoms with E-state index in [0.717, 1.165) is 0 Å². The van der Waals surface area contributed by atoms with E-state index in [1.807, 2.05) is 0 Å². The highest BCUT2D eigenvalue weighted by atomic mass is 16.9. The molecule has 2 unspecified atom stereocenters. The van der Waals surface area contributed by atoms with E-state index in [1.165, 1.54) is 14.2 Å². The molecule has 2 fully saturated rings. The number of hydrogen-bond donors (Lipinski definition) is 2. The summed E-state index contributed by atoms with van der Waals surface area (Å²) in [5, 5.41) is 20.8. The van der Waals surface area contributed by atoms with Crippen molar-refractivity contribution in [2.75, 3.05) is 27.4 Å². The zero-order valence-corrected chi connectivity index (χ0v) is 11.4. The maximum Gasteiger partial charge on any atom is 0.282 e. The number of hydrogen-bond acceptors (Lipinski definition) is 8. The predicted molar refractivity (Wildman–Crippen MR) is 59.6 cm³/mol. The van der Waals surface area contributed by atoms with E-state index in [-0.39, 0.29) is 6.61 Å². The van der Waals surface area contributed by atoms with Crippen LogP contribution in [0.15, 0.2) is 0 Å². The molecule has 0 amide bonds. The summed E-state index contributed by atoms with van der Waals surface area (Å²) in [6, 6.07) is 0. The van der Waals surface area contributed by atoms with Gasteiger partial charge in [0.25, 0.3) is 11.8 Å². The van der Waals surface area contributed by atoms with Gasteiger partial charge in [0.05, 0.1) is 0 Å². The number of ether oxygens (including phenoxy) is 6. The monoisotopic (exact) mass is 280 g/mol. The Balaban J connectivity index is 2.27. The molecule has 2 aliphatic rings. The average molecular weight is 280 g/mol. The smallest absolute Gasteiger partial charge is 0.282 e. The lowest BCUT2D eigenvalue weighted by atomic mass is 9.96. The largest absolute Gasteiger partial charge is 0.359 e. The molecule has 0 saturated carbocycles. The van der Waals surface area contributed by atoms with Gasteiger partial charge in [-0.05, 0) is 6.92 Å². The first kappa shape index (κ1) is 15.1. The molecule has 2 saturated heterocycles. The van der Waals surface area contributed by atoms with Crippen molar-refractivity contribution in [1.82, 2.24) is 0 Å². The fraction of sp³-hybridized carbons (Fsp3) is 1.00. The Bertz CT molecular complexity index is 339. The minimum absolute atomic E-state index is 0.333. The summed E-state index contributed by atoms with van der Waals surface area (Å²) in [7, 11) is 2.46. The van der Waals surface area contributed by atoms with Gasteiger partial charge in [-0.25, -0.2) is 0 Å². The van der Waals surface area contributed by atoms with Crippen LogP contribution in [0.3, 0.4) is 0 Å². The molecule has 0 aliphatic carbocycles. The third kappa shape index (κ3) is 2.18. The second-order valence-electron chi connectivity index (χ2n) is 4.52. The highest BCUT2D eigenvalue weighted by Gasteiger charge is 2.68. The number of rotatable bonds is 4. The van der Waals surface area contributed by atoms with Gasteiger partial charge in [-0.15, -0.1) is 0 Å². The van der Waals surface area contributed by atoms with Crippen molar-refractivity contribution < 1.29 is 38.6 Å². The lowest BCUT2D eigenvalue weighted by Gasteiger charge is -2.47. The predicted octanol–water partition coefficient (Wildman–Crippen LogP) is -0.862. The first-order chi connectivity index (χ1) is 8.84. The molecule has 8 heteroatoms. The second-order valence-corrected chi connectivity index (χ2v) is 4.52. The van der Waals surface area contributed by atoms with Crippen molar-refractivity contribution in [3.63, 3.8) is 0 Å². The molecule has 0 spiro atoms. The second kappa shape index (κ2) is 4.90. The topological polar surface area (TPSA) is 95.8 Å². The first-order valence-corrected chi connectivity index (χ1v) is 6.00. The third-order valence-corrected chi connectivity index (χ3v) is 3.36. The van der Waals surface area contributed by atoms with Gasteiger partial charge in [-0.2, -0.15) is 0 Å². The molecule has 0 bridgehead atoms. The maximum atomic E-state index is 10.5. The van der Waals surface area contributed by atoms with Gasteiger partial charge in [0.2, 0.25) is 5.79 Å². The molecule has 2 aliphatic heterocycles. The Kier molecular flexibility index (Phi) is 3.89. The number of aliphatic hydroxyl groups is 2. The Hall–Kier alpha value is -0.320. The minimum atomic E-state index is -2.14. The molecule has 0 radical (unpaired) electrons. The van der Waals surface area contributed by atoms with Crippen molar-refractivity contribution >= 4 is 0 Å². The van der Waals surface area contributed by atoms with Crippen LogP contribution in [0, 0.1) is 0 Å². The molecule has 2 N–H and O–H groups in total. The summed E-state index contributed by atoms with van der Waals surface area (Å²) in [5.74, 6) is -5.58. The van der Waals surface area contributed by atoms with Crippen LogP contribution in [0.25, 0.3) is 0 Å². The average Bonchev–Trinajstić information content (AvgIpc) is 2.72. The molecule has 19 heavy (non-hydrogen) atoms. The Morgan fingerprint density at radius 1 is 1.21 bits per heavy atom. The van der Waals surface area contributed by atoms with Crippen LogP contribution in [0.2, 0.25) is 0 Å². The van der Waals surface area contributed by atoms with Crippen LogP contribution >= 0.6 is 0 Å². The third-order valence-electron chi connectivity index (χ3n) is 3.36. The van der Waals surface area contributed by atoms with E-state index in [0.29, 0.717) is 6.61 Å². The molecular weight excluding hydrogens is 260 g/mol. The molecule has 112 valence electrons. The molecular formula is C11H20O8. The summed E-state index contributed by atoms with van der Waals surface area (Å²) in [4.78, 5) is 0. The summed E-state index contributed by atoms with van der Waals surface area (Å²) < 4.78 is 31.5. The van der Waals surface area contributed by atoms with Crippen molar-refractivity contribution in [2.24, 2.45) is 0 Å². The van der Waals surface area contributed by atoms with Crippen LogP contribution in [0.1, 0.15) is 13.8 Å². The summed E-state index contributed by atoms with van der Waals surface area (Å²) in [6.07, 6.45) is -2.05. The Morgan fingerprint density at radius 3 is 2.42 bits per heavy atom. The fourth-order valence-corrected chi connectivity index (χ4v) is 2.30. The van der Waals surface area contributed by atoms with Gasteiger partial charge >= 0.3 is 0 Å². The maximum absolute atomic E-state index is 10.5. The van der Waals surface area contributed by atoms with Crippen molar-refractivity contribution in [3.8, 4) is 0 Å². The molecule has 2 rings (SSSR count). The van der Waals surface area contributed by atoms with E-state index in [4.69, 9.17) is 28.4 Å². The van der Waals surface area contributed by atoms with Crippen LogP contribution in [-0.4, -0.2) is 67.6 Å². The SMILES string of the molecule is CCOC1(C)OC2OC[C@](O)(OC)[C@@](O)(OC)[C@H]2O1. The molecule has 0 aromatic rings. The summed E-state index contributed by atoms with van der Waals surface area (Å²) in [6.45, 7) is 3.32. The highest BCUT2D eigenvalue weighted by Crippen LogP contribution is 2.44. The van der Waals surface area contributed by atoms with Gasteiger partial charge in [0, 0.05) is 27.8 Å². The zero-order chi connectivity index (χ0) is 14.3. The molecule has 0 aromatic carbocycles. The van der Waals surface area contributed by atoms with Gasteiger partial charge in [-0.1, -0.05) is 0 Å². The summed E-state index contributed by atoms with van der Waals surface area (Å²) >= 11 is 0. The first-order valence-electron chi connectivity index (χ1n) is 6.00. The van der Waals surface area contributed by atoms with Gasteiger partial charge in [0.15, 0.2) is 12.4 Å². The number of fused-ring (bicyclic) bond motifs is 1. The fourth-order valence-electron chi connectivity index (χ4n) is 2.30. The van der Waals surface area contributed by atoms with Gasteiger partial charge in [0.1, 0.15) is 6.61 Å². The van der Waals surface area contributed by atoms with E-state index >= 15 is 0 Å². The van der Waals surface area contributed by atoms with Crippen molar-refractivity contribution in [1.29, 1.82) is 0 Å². The van der Waals surface area contributed by atoms with Crippen LogP contribution in [0.4, 0.5) is 0 Å². The van der Waals surface area contributed by atoms with Gasteiger partial charge in [-0.3, -0.25) is 4.74 Å². The normalized spacial score (nSPS) is 50.2. The van der Waals surface area contributed by atoms with E-state index < -0.39 is 29.9 Å². The molecule has 8 nitrogen and oxygen atoms in total. The van der Waals surface area contributed by atoms with Crippen LogP contribution in [-0.2, 0) is 28.4 Å². The van der Waals surface area contributed by atoms with E-state index in [2.05, 4.69) is 0 Å². The van der Waals surface area contributed by atoms with Crippen molar-refractivity contribution in [3.05, 3.63) is 0 Å². The van der Waals surface area contributed by atoms with Gasteiger partial charge < -0.3 is 33.9 Å². The zero-order valence-electron chi connectivity index (χ0n) is 11.4. The van der Waals surface area contributed by atoms with Crippen LogP contribution < -0.4 is 0 Å². The molecule has 2 heterocycles. The van der Waals surface area contributed by atoms with E-state index in [9.17, 15) is 10.2 Å². The lowest BCUT2D eigenvalue weighted by molar-refractivity contribution is -0.443. The number of methoxy groups -OCH3 is 2. The quantitative estimate of drug-likeness (QED) is 0.642. The molecule has 5 atom stereocenters. The Labute approximate surface area is 111 Å². The minimum Gasteiger partial charge on any atom is -0.359 e.